The minimum absolute atomic E-state index is 0.244. The first-order valence-electron chi connectivity index (χ1n) is 4.37. The van der Waals surface area contributed by atoms with E-state index in [2.05, 4.69) is 0 Å². The summed E-state index contributed by atoms with van der Waals surface area (Å²) in [4.78, 5) is 0. The van der Waals surface area contributed by atoms with E-state index in [-0.39, 0.29) is 11.5 Å². The maximum atomic E-state index is 9.14. The van der Waals surface area contributed by atoms with E-state index in [1.165, 1.54) is 0 Å². The Morgan fingerprint density at radius 3 is 1.35 bits per heavy atom. The van der Waals surface area contributed by atoms with Crippen LogP contribution in [0.3, 0.4) is 0 Å². The van der Waals surface area contributed by atoms with Gasteiger partial charge in [0.1, 0.15) is 11.5 Å². The molecule has 0 unspecified atom stereocenters. The first-order valence-corrected chi connectivity index (χ1v) is 5.77. The minimum atomic E-state index is -4.67. The molecule has 6 nitrogen and oxygen atoms in total. The predicted octanol–water partition coefficient (Wildman–Crippen LogP) is 1.60. The van der Waals surface area contributed by atoms with Crippen molar-refractivity contribution >= 4 is 21.2 Å². The van der Waals surface area contributed by atoms with Crippen LogP contribution in [0.2, 0.25) is 0 Å². The van der Waals surface area contributed by atoms with Gasteiger partial charge in [-0.3, -0.25) is 9.11 Å². The number of fused-ring (bicyclic) bond motifs is 1. The lowest BCUT2D eigenvalue weighted by Crippen LogP contribution is -1.89. The van der Waals surface area contributed by atoms with E-state index in [0.717, 1.165) is 10.8 Å². The second-order valence-electron chi connectivity index (χ2n) is 3.16. The number of hydrogen-bond acceptors (Lipinski definition) is 4. The average Bonchev–Trinajstić information content (AvgIpc) is 2.16. The second-order valence-corrected chi connectivity index (χ2v) is 4.06. The van der Waals surface area contributed by atoms with Gasteiger partial charge in [-0.15, -0.1) is 0 Å². The average molecular weight is 258 g/mol. The molecule has 0 radical (unpaired) electrons. The van der Waals surface area contributed by atoms with Crippen LogP contribution in [-0.4, -0.2) is 27.7 Å². The Kier molecular flexibility index (Phi) is 3.89. The molecule has 0 amide bonds. The van der Waals surface area contributed by atoms with E-state index < -0.39 is 10.4 Å². The lowest BCUT2D eigenvalue weighted by Gasteiger charge is -1.98. The van der Waals surface area contributed by atoms with Gasteiger partial charge in [0.15, 0.2) is 0 Å². The van der Waals surface area contributed by atoms with Crippen LogP contribution in [-0.2, 0) is 10.4 Å². The molecule has 92 valence electrons. The number of benzene rings is 2. The van der Waals surface area contributed by atoms with Gasteiger partial charge in [-0.1, -0.05) is 12.1 Å². The first-order chi connectivity index (χ1) is 7.75. The molecule has 2 aromatic rings. The molecule has 0 fully saturated rings. The van der Waals surface area contributed by atoms with E-state index in [0.29, 0.717) is 0 Å². The lowest BCUT2D eigenvalue weighted by atomic mass is 10.1. The molecule has 2 aromatic carbocycles. The third-order valence-corrected chi connectivity index (χ3v) is 1.81. The van der Waals surface area contributed by atoms with Crippen molar-refractivity contribution in [3.63, 3.8) is 0 Å². The highest BCUT2D eigenvalue weighted by molar-refractivity contribution is 7.79. The molecule has 0 atom stereocenters. The summed E-state index contributed by atoms with van der Waals surface area (Å²) in [5, 5.41) is 20.1. The molecule has 2 rings (SSSR count). The molecular weight excluding hydrogens is 248 g/mol. The first kappa shape index (κ1) is 13.2. The van der Waals surface area contributed by atoms with Crippen molar-refractivity contribution in [1.82, 2.24) is 0 Å². The Morgan fingerprint density at radius 2 is 1.06 bits per heavy atom. The summed E-state index contributed by atoms with van der Waals surface area (Å²) in [5.41, 5.74) is 0. The zero-order valence-electron chi connectivity index (χ0n) is 8.48. The summed E-state index contributed by atoms with van der Waals surface area (Å²) >= 11 is 0. The van der Waals surface area contributed by atoms with Crippen molar-refractivity contribution in [2.24, 2.45) is 0 Å². The highest BCUT2D eigenvalue weighted by Crippen LogP contribution is 2.23. The van der Waals surface area contributed by atoms with Crippen LogP contribution in [0, 0.1) is 0 Å². The zero-order valence-corrected chi connectivity index (χ0v) is 9.29. The Morgan fingerprint density at radius 1 is 0.765 bits per heavy atom. The number of phenolic OH excluding ortho intramolecular Hbond substituents is 2. The van der Waals surface area contributed by atoms with Crippen LogP contribution in [0.25, 0.3) is 10.8 Å². The molecular formula is C10H10O6S. The number of hydrogen-bond donors (Lipinski definition) is 4. The van der Waals surface area contributed by atoms with E-state index in [1.54, 1.807) is 36.4 Å². The topological polar surface area (TPSA) is 115 Å². The van der Waals surface area contributed by atoms with Gasteiger partial charge in [0.05, 0.1) is 0 Å². The Labute approximate surface area is 97.3 Å². The third-order valence-electron chi connectivity index (χ3n) is 1.81. The van der Waals surface area contributed by atoms with E-state index in [1.807, 2.05) is 0 Å². The summed E-state index contributed by atoms with van der Waals surface area (Å²) in [7, 11) is -4.67. The Hall–Kier alpha value is -1.83. The highest BCUT2D eigenvalue weighted by Gasteiger charge is 1.95. The fourth-order valence-corrected chi connectivity index (χ4v) is 1.22. The SMILES string of the molecule is O=S(=O)(O)O.Oc1ccc2cc(O)ccc2c1. The highest BCUT2D eigenvalue weighted by atomic mass is 32.3. The summed E-state index contributed by atoms with van der Waals surface area (Å²) < 4.78 is 31.6. The fourth-order valence-electron chi connectivity index (χ4n) is 1.22. The van der Waals surface area contributed by atoms with Gasteiger partial charge in [0.2, 0.25) is 0 Å². The van der Waals surface area contributed by atoms with Gasteiger partial charge >= 0.3 is 10.4 Å². The Bertz CT molecular complexity index is 570. The minimum Gasteiger partial charge on any atom is -0.508 e. The van der Waals surface area contributed by atoms with Gasteiger partial charge in [0, 0.05) is 0 Å². The van der Waals surface area contributed by atoms with Crippen molar-refractivity contribution in [3.8, 4) is 11.5 Å². The van der Waals surface area contributed by atoms with Crippen molar-refractivity contribution in [2.75, 3.05) is 0 Å². The van der Waals surface area contributed by atoms with Gasteiger partial charge in [-0.2, -0.15) is 8.42 Å². The molecule has 0 bridgehead atoms. The van der Waals surface area contributed by atoms with Crippen LogP contribution < -0.4 is 0 Å². The van der Waals surface area contributed by atoms with E-state index >= 15 is 0 Å². The molecule has 0 aromatic heterocycles. The second kappa shape index (κ2) is 5.00. The van der Waals surface area contributed by atoms with Crippen LogP contribution in [0.4, 0.5) is 0 Å². The van der Waals surface area contributed by atoms with Crippen molar-refractivity contribution in [3.05, 3.63) is 36.4 Å². The van der Waals surface area contributed by atoms with E-state index in [9.17, 15) is 0 Å². The maximum Gasteiger partial charge on any atom is 0.394 e. The summed E-state index contributed by atoms with van der Waals surface area (Å²) in [5.74, 6) is 0.487. The lowest BCUT2D eigenvalue weighted by molar-refractivity contribution is 0.381. The quantitative estimate of drug-likeness (QED) is 0.533. The largest absolute Gasteiger partial charge is 0.508 e. The summed E-state index contributed by atoms with van der Waals surface area (Å²) in [6.45, 7) is 0. The van der Waals surface area contributed by atoms with Crippen LogP contribution >= 0.6 is 0 Å². The van der Waals surface area contributed by atoms with Gasteiger partial charge in [-0.25, -0.2) is 0 Å². The molecule has 0 heterocycles. The standard InChI is InChI=1S/C10H8O2.H2O4S/c11-9-3-1-7-5-10(12)4-2-8(7)6-9;1-5(2,3)4/h1-6,11-12H;(H2,1,2,3,4). The van der Waals surface area contributed by atoms with Crippen molar-refractivity contribution in [2.45, 2.75) is 0 Å². The molecule has 0 aliphatic carbocycles. The molecule has 0 aliphatic heterocycles. The predicted molar refractivity (Wildman–Crippen MR) is 61.5 cm³/mol. The van der Waals surface area contributed by atoms with Gasteiger partial charge in [0.25, 0.3) is 0 Å². The molecule has 0 saturated carbocycles. The molecule has 0 aliphatic rings. The van der Waals surface area contributed by atoms with Gasteiger partial charge in [-0.05, 0) is 35.0 Å². The van der Waals surface area contributed by atoms with Crippen LogP contribution in [0.1, 0.15) is 0 Å². The number of phenols is 2. The monoisotopic (exact) mass is 258 g/mol. The smallest absolute Gasteiger partial charge is 0.394 e. The Balaban J connectivity index is 0.000000249. The number of aromatic hydroxyl groups is 2. The summed E-state index contributed by atoms with van der Waals surface area (Å²) in [6.07, 6.45) is 0. The molecule has 17 heavy (non-hydrogen) atoms. The van der Waals surface area contributed by atoms with Crippen molar-refractivity contribution in [1.29, 1.82) is 0 Å². The maximum absolute atomic E-state index is 9.14. The van der Waals surface area contributed by atoms with Crippen molar-refractivity contribution < 1.29 is 27.7 Å². The fraction of sp³-hybridized carbons (Fsp3) is 0. The molecule has 0 spiro atoms. The molecule has 4 N–H and O–H groups in total. The molecule has 7 heteroatoms. The van der Waals surface area contributed by atoms with Crippen LogP contribution in [0.15, 0.2) is 36.4 Å². The zero-order chi connectivity index (χ0) is 13.1. The molecule has 0 saturated heterocycles. The normalized spacial score (nSPS) is 10.7. The third kappa shape index (κ3) is 5.16. The van der Waals surface area contributed by atoms with E-state index in [4.69, 9.17) is 27.7 Å². The van der Waals surface area contributed by atoms with Gasteiger partial charge < -0.3 is 10.2 Å². The summed E-state index contributed by atoms with van der Waals surface area (Å²) in [6, 6.07) is 10.1. The number of rotatable bonds is 0. The van der Waals surface area contributed by atoms with Crippen LogP contribution in [0.5, 0.6) is 11.5 Å².